The molecule has 1 aliphatic carbocycles. The molecule has 1 atom stereocenters. The quantitative estimate of drug-likeness (QED) is 0.363. The van der Waals surface area contributed by atoms with Crippen LogP contribution in [0.15, 0.2) is 97.1 Å². The third kappa shape index (κ3) is 2.75. The summed E-state index contributed by atoms with van der Waals surface area (Å²) >= 11 is 0. The molecule has 0 spiro atoms. The molecule has 1 nitrogen and oxygen atoms in total. The first-order valence-corrected chi connectivity index (χ1v) is 11.1. The molecule has 1 aliphatic rings. The minimum Gasteiger partial charge on any atom is -0.306 e. The van der Waals surface area contributed by atoms with Crippen LogP contribution in [-0.2, 0) is 0 Å². The molecule has 138 valence electrons. The fraction of sp³-hybridized carbons (Fsp3) is 0.115. The third-order valence-electron chi connectivity index (χ3n) is 5.58. The Morgan fingerprint density at radius 2 is 1.36 bits per heavy atom. The summed E-state index contributed by atoms with van der Waals surface area (Å²) in [6.45, 7) is 0. The Hall–Kier alpha value is -2.60. The molecule has 0 heterocycles. The molecule has 4 aromatic carbocycles. The van der Waals surface area contributed by atoms with Gasteiger partial charge in [0.05, 0.1) is 0 Å². The van der Waals surface area contributed by atoms with Crippen LogP contribution in [0.2, 0.25) is 0 Å². The molecule has 4 aromatic rings. The smallest absolute Gasteiger partial charge is 0.0197 e. The Balaban J connectivity index is 1.77. The van der Waals surface area contributed by atoms with Crippen molar-refractivity contribution in [2.45, 2.75) is 6.04 Å². The molecule has 0 saturated heterocycles. The van der Waals surface area contributed by atoms with Crippen LogP contribution in [0.1, 0.15) is 17.2 Å². The lowest BCUT2D eigenvalue weighted by Gasteiger charge is -2.31. The SMILES string of the molecule is CN(C)[C@H]1c2c(cccc2P(c2ccccc2)c2ccccc2)-[c-]2cccc21. The van der Waals surface area contributed by atoms with E-state index in [1.54, 1.807) is 0 Å². The highest BCUT2D eigenvalue weighted by Gasteiger charge is 2.30. The van der Waals surface area contributed by atoms with Gasteiger partial charge < -0.3 is 4.90 Å². The minimum absolute atomic E-state index is 0.314. The zero-order valence-corrected chi connectivity index (χ0v) is 17.1. The molecule has 28 heavy (non-hydrogen) atoms. The molecule has 2 heteroatoms. The number of hydrogen-bond acceptors (Lipinski definition) is 1. The number of fused-ring (bicyclic) bond motifs is 3. The maximum atomic E-state index is 2.36. The van der Waals surface area contributed by atoms with E-state index in [9.17, 15) is 0 Å². The second kappa shape index (κ2) is 7.09. The predicted molar refractivity (Wildman–Crippen MR) is 122 cm³/mol. The normalized spacial score (nSPS) is 15.1. The molecule has 0 aliphatic heterocycles. The van der Waals surface area contributed by atoms with Gasteiger partial charge in [0.2, 0.25) is 0 Å². The molecular formula is C26H23NP-. The van der Waals surface area contributed by atoms with Crippen molar-refractivity contribution in [2.24, 2.45) is 0 Å². The van der Waals surface area contributed by atoms with Crippen molar-refractivity contribution in [2.75, 3.05) is 14.1 Å². The average molecular weight is 380 g/mol. The highest BCUT2D eigenvalue weighted by Crippen LogP contribution is 2.49. The first-order chi connectivity index (χ1) is 13.8. The lowest BCUT2D eigenvalue weighted by Crippen LogP contribution is -2.28. The topological polar surface area (TPSA) is 3.24 Å². The van der Waals surface area contributed by atoms with Crippen LogP contribution in [0.3, 0.4) is 0 Å². The van der Waals surface area contributed by atoms with E-state index in [0.717, 1.165) is 0 Å². The fourth-order valence-electron chi connectivity index (χ4n) is 4.46. The standard InChI is InChI=1S/C26H23NP/c1-27(2)26-23-17-9-15-21(23)22-16-10-18-24(25(22)26)28(19-11-5-3-6-12-19)20-13-7-4-8-14-20/h3-18,26H,1-2H3/q-1/t26-/m1/s1. The van der Waals surface area contributed by atoms with Crippen molar-refractivity contribution >= 4 is 23.8 Å². The van der Waals surface area contributed by atoms with E-state index in [1.165, 1.54) is 38.2 Å². The van der Waals surface area contributed by atoms with E-state index in [2.05, 4.69) is 116 Å². The van der Waals surface area contributed by atoms with Crippen LogP contribution in [0.5, 0.6) is 0 Å². The predicted octanol–water partition coefficient (Wildman–Crippen LogP) is 4.80. The summed E-state index contributed by atoms with van der Waals surface area (Å²) in [4.78, 5) is 2.36. The van der Waals surface area contributed by atoms with Gasteiger partial charge in [-0.3, -0.25) is 0 Å². The maximum Gasteiger partial charge on any atom is 0.0197 e. The van der Waals surface area contributed by atoms with Gasteiger partial charge in [0.15, 0.2) is 0 Å². The molecule has 0 aromatic heterocycles. The Kier molecular flexibility index (Phi) is 4.43. The van der Waals surface area contributed by atoms with E-state index >= 15 is 0 Å². The van der Waals surface area contributed by atoms with E-state index in [-0.39, 0.29) is 0 Å². The Labute approximate surface area is 168 Å². The summed E-state index contributed by atoms with van der Waals surface area (Å²) in [5, 5.41) is 4.28. The minimum atomic E-state index is -0.611. The van der Waals surface area contributed by atoms with Crippen LogP contribution >= 0.6 is 7.92 Å². The van der Waals surface area contributed by atoms with Crippen molar-refractivity contribution < 1.29 is 0 Å². The average Bonchev–Trinajstić information content (AvgIpc) is 3.31. The number of hydrogen-bond donors (Lipinski definition) is 0. The van der Waals surface area contributed by atoms with Gasteiger partial charge in [-0.1, -0.05) is 89.5 Å². The number of nitrogens with zero attached hydrogens (tertiary/aromatic N) is 1. The van der Waals surface area contributed by atoms with E-state index in [0.29, 0.717) is 6.04 Å². The Bertz CT molecular complexity index is 1060. The van der Waals surface area contributed by atoms with Gasteiger partial charge in [-0.25, -0.2) is 0 Å². The molecule has 0 radical (unpaired) electrons. The lowest BCUT2D eigenvalue weighted by atomic mass is 10.0. The van der Waals surface area contributed by atoms with E-state index in [1.807, 2.05) is 0 Å². The van der Waals surface area contributed by atoms with Crippen LogP contribution in [0.25, 0.3) is 11.1 Å². The van der Waals surface area contributed by atoms with Crippen molar-refractivity contribution in [3.05, 3.63) is 108 Å². The van der Waals surface area contributed by atoms with E-state index in [4.69, 9.17) is 0 Å². The first-order valence-electron chi connectivity index (χ1n) is 9.71. The Morgan fingerprint density at radius 3 is 1.96 bits per heavy atom. The Morgan fingerprint density at radius 1 is 0.714 bits per heavy atom. The van der Waals surface area contributed by atoms with Crippen molar-refractivity contribution in [3.8, 4) is 11.1 Å². The van der Waals surface area contributed by atoms with Crippen LogP contribution in [0.4, 0.5) is 0 Å². The van der Waals surface area contributed by atoms with Gasteiger partial charge in [-0.05, 0) is 37.9 Å². The van der Waals surface area contributed by atoms with Crippen molar-refractivity contribution in [3.63, 3.8) is 0 Å². The first kappa shape index (κ1) is 17.5. The summed E-state index contributed by atoms with van der Waals surface area (Å²) in [7, 11) is 3.78. The molecule has 0 N–H and O–H groups in total. The zero-order chi connectivity index (χ0) is 19.1. The summed E-state index contributed by atoms with van der Waals surface area (Å²) in [5.41, 5.74) is 5.71. The van der Waals surface area contributed by atoms with Gasteiger partial charge in [-0.15, -0.1) is 23.8 Å². The summed E-state index contributed by atoms with van der Waals surface area (Å²) in [5.74, 6) is 0. The molecule has 0 amide bonds. The number of benzene rings is 3. The van der Waals surface area contributed by atoms with Gasteiger partial charge in [-0.2, -0.15) is 6.07 Å². The summed E-state index contributed by atoms with van der Waals surface area (Å²) in [6.07, 6.45) is 0. The summed E-state index contributed by atoms with van der Waals surface area (Å²) < 4.78 is 0. The maximum absolute atomic E-state index is 2.36. The van der Waals surface area contributed by atoms with E-state index < -0.39 is 7.92 Å². The molecular weight excluding hydrogens is 357 g/mol. The highest BCUT2D eigenvalue weighted by atomic mass is 31.1. The largest absolute Gasteiger partial charge is 0.306 e. The molecule has 0 fully saturated rings. The highest BCUT2D eigenvalue weighted by molar-refractivity contribution is 7.80. The second-order valence-corrected chi connectivity index (χ2v) is 9.69. The number of rotatable bonds is 4. The summed E-state index contributed by atoms with van der Waals surface area (Å²) in [6, 6.07) is 35.9. The zero-order valence-electron chi connectivity index (χ0n) is 16.2. The monoisotopic (exact) mass is 380 g/mol. The van der Waals surface area contributed by atoms with Gasteiger partial charge in [0, 0.05) is 6.04 Å². The molecule has 0 bridgehead atoms. The second-order valence-electron chi connectivity index (χ2n) is 7.51. The molecule has 0 unspecified atom stereocenters. The molecule has 5 rings (SSSR count). The molecule has 0 saturated carbocycles. The fourth-order valence-corrected chi connectivity index (χ4v) is 6.98. The van der Waals surface area contributed by atoms with Crippen molar-refractivity contribution in [1.82, 2.24) is 4.90 Å². The van der Waals surface area contributed by atoms with Crippen LogP contribution < -0.4 is 15.9 Å². The van der Waals surface area contributed by atoms with Gasteiger partial charge in [0.25, 0.3) is 0 Å². The lowest BCUT2D eigenvalue weighted by molar-refractivity contribution is 0.349. The van der Waals surface area contributed by atoms with Gasteiger partial charge in [0.1, 0.15) is 0 Å². The van der Waals surface area contributed by atoms with Crippen LogP contribution in [-0.4, -0.2) is 19.0 Å². The van der Waals surface area contributed by atoms with Crippen LogP contribution in [0, 0.1) is 0 Å². The van der Waals surface area contributed by atoms with Gasteiger partial charge >= 0.3 is 0 Å². The van der Waals surface area contributed by atoms with Crippen molar-refractivity contribution in [1.29, 1.82) is 0 Å². The third-order valence-corrected chi connectivity index (χ3v) is 8.08.